The average Bonchev–Trinajstić information content (AvgIpc) is 3.10. The van der Waals surface area contributed by atoms with Crippen LogP contribution in [0, 0.1) is 0 Å². The summed E-state index contributed by atoms with van der Waals surface area (Å²) in [5, 5.41) is 4.10. The van der Waals surface area contributed by atoms with E-state index in [-0.39, 0.29) is 18.2 Å². The molecule has 0 spiro atoms. The van der Waals surface area contributed by atoms with Gasteiger partial charge in [-0.1, -0.05) is 11.6 Å². The second kappa shape index (κ2) is 9.01. The normalized spacial score (nSPS) is 10.8. The van der Waals surface area contributed by atoms with E-state index in [1.165, 1.54) is 0 Å². The van der Waals surface area contributed by atoms with Crippen molar-refractivity contribution in [2.75, 3.05) is 25.5 Å². The van der Waals surface area contributed by atoms with Crippen molar-refractivity contribution in [3.05, 3.63) is 58.7 Å². The lowest BCUT2D eigenvalue weighted by atomic mass is 10.1. The van der Waals surface area contributed by atoms with E-state index in [0.717, 1.165) is 22.2 Å². The summed E-state index contributed by atoms with van der Waals surface area (Å²) in [7, 11) is 1.61. The minimum Gasteiger partial charge on any atom is -0.497 e. The number of methoxy groups -OCH3 is 1. The van der Waals surface area contributed by atoms with Crippen LogP contribution in [0.25, 0.3) is 10.9 Å². The molecule has 7 heteroatoms. The number of hydrogen-bond acceptors (Lipinski definition) is 3. The van der Waals surface area contributed by atoms with Crippen molar-refractivity contribution in [2.45, 2.75) is 20.3 Å². The standard InChI is InChI=1S/C22H24ClN3O3/c1-4-26(5-2)22(28)17-8-6-15(11-19(17)23)25-21(27)10-14-13-24-20-9-7-16(29-3)12-18(14)20/h6-9,11-13,24H,4-5,10H2,1-3H3,(H,25,27). The highest BCUT2D eigenvalue weighted by Gasteiger charge is 2.17. The van der Waals surface area contributed by atoms with Gasteiger partial charge in [0.15, 0.2) is 0 Å². The number of H-pyrrole nitrogens is 1. The Morgan fingerprint density at radius 1 is 1.14 bits per heavy atom. The molecule has 2 amide bonds. The van der Waals surface area contributed by atoms with E-state index in [2.05, 4.69) is 10.3 Å². The molecule has 0 saturated heterocycles. The highest BCUT2D eigenvalue weighted by atomic mass is 35.5. The molecule has 1 heterocycles. The molecule has 1 aromatic heterocycles. The lowest BCUT2D eigenvalue weighted by Gasteiger charge is -2.19. The van der Waals surface area contributed by atoms with E-state index in [9.17, 15) is 9.59 Å². The maximum absolute atomic E-state index is 12.5. The Morgan fingerprint density at radius 2 is 1.90 bits per heavy atom. The summed E-state index contributed by atoms with van der Waals surface area (Å²) in [5.74, 6) is 0.442. The van der Waals surface area contributed by atoms with Gasteiger partial charge < -0.3 is 19.9 Å². The Labute approximate surface area is 174 Å². The second-order valence-corrected chi connectivity index (χ2v) is 7.03. The fourth-order valence-electron chi connectivity index (χ4n) is 3.26. The number of ether oxygens (including phenoxy) is 1. The third-order valence-corrected chi connectivity index (χ3v) is 5.17. The lowest BCUT2D eigenvalue weighted by Crippen LogP contribution is -2.30. The van der Waals surface area contributed by atoms with E-state index in [4.69, 9.17) is 16.3 Å². The number of amides is 2. The van der Waals surface area contributed by atoms with Crippen LogP contribution in [0.15, 0.2) is 42.6 Å². The van der Waals surface area contributed by atoms with Crippen molar-refractivity contribution in [3.8, 4) is 5.75 Å². The van der Waals surface area contributed by atoms with Crippen LogP contribution in [-0.2, 0) is 11.2 Å². The van der Waals surface area contributed by atoms with Crippen LogP contribution >= 0.6 is 11.6 Å². The van der Waals surface area contributed by atoms with Gasteiger partial charge in [-0.15, -0.1) is 0 Å². The molecule has 0 aliphatic rings. The van der Waals surface area contributed by atoms with Crippen LogP contribution in [0.4, 0.5) is 5.69 Å². The minimum absolute atomic E-state index is 0.120. The molecular formula is C22H24ClN3O3. The zero-order valence-corrected chi connectivity index (χ0v) is 17.5. The average molecular weight is 414 g/mol. The molecule has 0 aliphatic carbocycles. The number of fused-ring (bicyclic) bond motifs is 1. The molecule has 0 bridgehead atoms. The number of aromatic nitrogens is 1. The SMILES string of the molecule is CCN(CC)C(=O)c1ccc(NC(=O)Cc2c[nH]c3ccc(OC)cc23)cc1Cl. The van der Waals surface area contributed by atoms with Crippen LogP contribution in [0.2, 0.25) is 5.02 Å². The van der Waals surface area contributed by atoms with Crippen molar-refractivity contribution in [1.29, 1.82) is 0 Å². The highest BCUT2D eigenvalue weighted by molar-refractivity contribution is 6.34. The maximum Gasteiger partial charge on any atom is 0.255 e. The van der Waals surface area contributed by atoms with Crippen LogP contribution in [0.1, 0.15) is 29.8 Å². The zero-order chi connectivity index (χ0) is 21.0. The molecule has 2 N–H and O–H groups in total. The van der Waals surface area contributed by atoms with Gasteiger partial charge in [-0.25, -0.2) is 0 Å². The lowest BCUT2D eigenvalue weighted by molar-refractivity contribution is -0.115. The summed E-state index contributed by atoms with van der Waals surface area (Å²) >= 11 is 6.30. The van der Waals surface area contributed by atoms with Crippen molar-refractivity contribution in [3.63, 3.8) is 0 Å². The Kier molecular flexibility index (Phi) is 6.44. The largest absolute Gasteiger partial charge is 0.497 e. The zero-order valence-electron chi connectivity index (χ0n) is 16.7. The maximum atomic E-state index is 12.5. The molecule has 2 aromatic carbocycles. The molecule has 3 rings (SSSR count). The summed E-state index contributed by atoms with van der Waals surface area (Å²) in [6, 6.07) is 10.6. The molecule has 0 unspecified atom stereocenters. The third-order valence-electron chi connectivity index (χ3n) is 4.86. The third kappa shape index (κ3) is 4.54. The highest BCUT2D eigenvalue weighted by Crippen LogP contribution is 2.25. The number of aromatic amines is 1. The van der Waals surface area contributed by atoms with Gasteiger partial charge in [-0.3, -0.25) is 9.59 Å². The van der Waals surface area contributed by atoms with Gasteiger partial charge in [0.25, 0.3) is 5.91 Å². The summed E-state index contributed by atoms with van der Waals surface area (Å²) in [4.78, 5) is 29.9. The number of carbonyl (C=O) groups is 2. The van der Waals surface area contributed by atoms with Crippen LogP contribution in [-0.4, -0.2) is 41.9 Å². The molecule has 0 atom stereocenters. The van der Waals surface area contributed by atoms with Crippen LogP contribution < -0.4 is 10.1 Å². The first-order valence-electron chi connectivity index (χ1n) is 9.49. The summed E-state index contributed by atoms with van der Waals surface area (Å²) < 4.78 is 5.26. The Bertz CT molecular complexity index is 1040. The molecule has 152 valence electrons. The van der Waals surface area contributed by atoms with E-state index < -0.39 is 0 Å². The van der Waals surface area contributed by atoms with Gasteiger partial charge >= 0.3 is 0 Å². The van der Waals surface area contributed by atoms with Crippen molar-refractivity contribution in [2.24, 2.45) is 0 Å². The fraction of sp³-hybridized carbons (Fsp3) is 0.273. The van der Waals surface area contributed by atoms with E-state index >= 15 is 0 Å². The fourth-order valence-corrected chi connectivity index (χ4v) is 3.52. The number of hydrogen-bond donors (Lipinski definition) is 2. The molecule has 0 fully saturated rings. The van der Waals surface area contributed by atoms with Crippen LogP contribution in [0.3, 0.4) is 0 Å². The minimum atomic E-state index is -0.174. The molecule has 3 aromatic rings. The Hall–Kier alpha value is -2.99. The predicted molar refractivity (Wildman–Crippen MR) is 116 cm³/mol. The van der Waals surface area contributed by atoms with Crippen molar-refractivity contribution >= 4 is 40.0 Å². The molecule has 6 nitrogen and oxygen atoms in total. The van der Waals surface area contributed by atoms with Crippen molar-refractivity contribution in [1.82, 2.24) is 9.88 Å². The van der Waals surface area contributed by atoms with Gasteiger partial charge in [-0.05, 0) is 55.8 Å². The van der Waals surface area contributed by atoms with Gasteiger partial charge in [0.2, 0.25) is 5.91 Å². The van der Waals surface area contributed by atoms with Gasteiger partial charge in [0, 0.05) is 35.9 Å². The van der Waals surface area contributed by atoms with E-state index in [1.54, 1.807) is 30.2 Å². The molecular weight excluding hydrogens is 390 g/mol. The molecule has 29 heavy (non-hydrogen) atoms. The predicted octanol–water partition coefficient (Wildman–Crippen LogP) is 4.49. The Morgan fingerprint density at radius 3 is 2.55 bits per heavy atom. The first kappa shape index (κ1) is 20.7. The summed E-state index contributed by atoms with van der Waals surface area (Å²) in [5.41, 5.74) is 2.79. The number of benzene rings is 2. The molecule has 0 radical (unpaired) electrons. The number of carbonyl (C=O) groups excluding carboxylic acids is 2. The molecule has 0 aliphatic heterocycles. The number of nitrogens with zero attached hydrogens (tertiary/aromatic N) is 1. The summed E-state index contributed by atoms with van der Waals surface area (Å²) in [6.45, 7) is 5.06. The first-order valence-corrected chi connectivity index (χ1v) is 9.87. The van der Waals surface area contributed by atoms with Crippen molar-refractivity contribution < 1.29 is 14.3 Å². The van der Waals surface area contributed by atoms with Gasteiger partial charge in [0.1, 0.15) is 5.75 Å². The second-order valence-electron chi connectivity index (χ2n) is 6.62. The van der Waals surface area contributed by atoms with E-state index in [0.29, 0.717) is 29.4 Å². The smallest absolute Gasteiger partial charge is 0.255 e. The quantitative estimate of drug-likeness (QED) is 0.599. The Balaban J connectivity index is 1.73. The number of rotatable bonds is 7. The number of anilines is 1. The summed E-state index contributed by atoms with van der Waals surface area (Å²) in [6.07, 6.45) is 2.02. The molecule has 0 saturated carbocycles. The monoisotopic (exact) mass is 413 g/mol. The van der Waals surface area contributed by atoms with E-state index in [1.807, 2.05) is 38.2 Å². The van der Waals surface area contributed by atoms with Gasteiger partial charge in [0.05, 0.1) is 24.1 Å². The first-order chi connectivity index (χ1) is 14.0. The topological polar surface area (TPSA) is 74.4 Å². The number of nitrogens with one attached hydrogen (secondary N) is 2. The van der Waals surface area contributed by atoms with Gasteiger partial charge in [-0.2, -0.15) is 0 Å². The van der Waals surface area contributed by atoms with Crippen LogP contribution in [0.5, 0.6) is 5.75 Å². The number of halogens is 1.